The number of carbonyl (C=O) groups excluding carboxylic acids is 1. The van der Waals surface area contributed by atoms with E-state index in [1.165, 1.54) is 0 Å². The topological polar surface area (TPSA) is 62.1 Å². The summed E-state index contributed by atoms with van der Waals surface area (Å²) in [6, 6.07) is 0. The van der Waals surface area contributed by atoms with Gasteiger partial charge >= 0.3 is 0 Å². The number of oxime groups is 1. The molecule has 2 aliphatic rings. The molecule has 2 fully saturated rings. The Bertz CT molecular complexity index is 343. The van der Waals surface area contributed by atoms with E-state index < -0.39 is 0 Å². The number of ether oxygens (including phenoxy) is 1. The van der Waals surface area contributed by atoms with Gasteiger partial charge in [-0.3, -0.25) is 4.79 Å². The molecule has 1 N–H and O–H groups in total. The number of piperidine rings is 1. The lowest BCUT2D eigenvalue weighted by atomic mass is 9.92. The van der Waals surface area contributed by atoms with Gasteiger partial charge in [0.25, 0.3) is 5.91 Å². The van der Waals surface area contributed by atoms with Gasteiger partial charge in [-0.1, -0.05) is 19.0 Å². The standard InChI is InChI=1S/C13H22N2O3/c1-3-10-8-15(6-4-11(10)14-17)13(16)12-9(2)5-7-18-12/h9-10,12,17H,3-8H2,1-2H3. The van der Waals surface area contributed by atoms with Crippen LogP contribution in [0.25, 0.3) is 0 Å². The highest BCUT2D eigenvalue weighted by Gasteiger charge is 2.36. The first-order chi connectivity index (χ1) is 8.67. The maximum Gasteiger partial charge on any atom is 0.252 e. The molecule has 102 valence electrons. The largest absolute Gasteiger partial charge is 0.411 e. The summed E-state index contributed by atoms with van der Waals surface area (Å²) in [6.45, 7) is 6.10. The van der Waals surface area contributed by atoms with Gasteiger partial charge in [0.1, 0.15) is 6.10 Å². The smallest absolute Gasteiger partial charge is 0.252 e. The second-order valence-electron chi connectivity index (χ2n) is 5.29. The normalized spacial score (nSPS) is 35.1. The number of likely N-dealkylation sites (tertiary alicyclic amines) is 1. The summed E-state index contributed by atoms with van der Waals surface area (Å²) in [5, 5.41) is 12.3. The number of hydrogen-bond donors (Lipinski definition) is 1. The SMILES string of the molecule is CCC1CN(C(=O)C2OCCC2C)CCC1=NO. The van der Waals surface area contributed by atoms with Crippen molar-refractivity contribution in [2.45, 2.75) is 39.2 Å². The van der Waals surface area contributed by atoms with Crippen molar-refractivity contribution in [1.29, 1.82) is 0 Å². The van der Waals surface area contributed by atoms with Gasteiger partial charge in [-0.25, -0.2) is 0 Å². The first kappa shape index (κ1) is 13.3. The molecule has 5 heteroatoms. The van der Waals surface area contributed by atoms with Gasteiger partial charge < -0.3 is 14.8 Å². The second-order valence-corrected chi connectivity index (χ2v) is 5.29. The Balaban J connectivity index is 2.00. The van der Waals surface area contributed by atoms with Crippen LogP contribution < -0.4 is 0 Å². The van der Waals surface area contributed by atoms with E-state index in [0.717, 1.165) is 18.6 Å². The minimum absolute atomic E-state index is 0.107. The van der Waals surface area contributed by atoms with Gasteiger partial charge in [0.05, 0.1) is 5.71 Å². The second kappa shape index (κ2) is 5.69. The number of carbonyl (C=O) groups is 1. The zero-order chi connectivity index (χ0) is 13.1. The van der Waals surface area contributed by atoms with Crippen LogP contribution in [0, 0.1) is 11.8 Å². The molecule has 0 aliphatic carbocycles. The first-order valence-electron chi connectivity index (χ1n) is 6.78. The molecule has 0 aromatic rings. The van der Waals surface area contributed by atoms with Crippen molar-refractivity contribution in [2.75, 3.05) is 19.7 Å². The Labute approximate surface area is 108 Å². The Morgan fingerprint density at radius 3 is 2.94 bits per heavy atom. The van der Waals surface area contributed by atoms with Crippen LogP contribution in [0.5, 0.6) is 0 Å². The third kappa shape index (κ3) is 2.51. The van der Waals surface area contributed by atoms with Crippen LogP contribution in [0.4, 0.5) is 0 Å². The zero-order valence-corrected chi connectivity index (χ0v) is 11.1. The fraction of sp³-hybridized carbons (Fsp3) is 0.846. The van der Waals surface area contributed by atoms with E-state index in [0.29, 0.717) is 32.0 Å². The maximum atomic E-state index is 12.4. The van der Waals surface area contributed by atoms with Crippen LogP contribution in [-0.4, -0.2) is 47.5 Å². The number of amides is 1. The molecule has 0 bridgehead atoms. The van der Waals surface area contributed by atoms with Crippen molar-refractivity contribution in [3.63, 3.8) is 0 Å². The summed E-state index contributed by atoms with van der Waals surface area (Å²) < 4.78 is 5.53. The Hall–Kier alpha value is -1.10. The summed E-state index contributed by atoms with van der Waals surface area (Å²) >= 11 is 0. The zero-order valence-electron chi connectivity index (χ0n) is 11.1. The minimum atomic E-state index is -0.268. The molecule has 0 saturated carbocycles. The monoisotopic (exact) mass is 254 g/mol. The number of hydrogen-bond acceptors (Lipinski definition) is 4. The fourth-order valence-electron chi connectivity index (χ4n) is 2.80. The molecule has 0 radical (unpaired) electrons. The maximum absolute atomic E-state index is 12.4. The molecule has 18 heavy (non-hydrogen) atoms. The predicted octanol–water partition coefficient (Wildman–Crippen LogP) is 1.50. The summed E-state index contributed by atoms with van der Waals surface area (Å²) in [6.07, 6.45) is 2.26. The molecular weight excluding hydrogens is 232 g/mol. The molecular formula is C13H22N2O3. The molecule has 0 aromatic heterocycles. The van der Waals surface area contributed by atoms with Crippen molar-refractivity contribution in [3.8, 4) is 0 Å². The van der Waals surface area contributed by atoms with Crippen LogP contribution in [0.3, 0.4) is 0 Å². The molecule has 5 nitrogen and oxygen atoms in total. The van der Waals surface area contributed by atoms with Crippen LogP contribution >= 0.6 is 0 Å². The molecule has 2 saturated heterocycles. The van der Waals surface area contributed by atoms with E-state index in [2.05, 4.69) is 19.0 Å². The Kier molecular flexibility index (Phi) is 4.22. The molecule has 3 atom stereocenters. The highest BCUT2D eigenvalue weighted by Crippen LogP contribution is 2.25. The van der Waals surface area contributed by atoms with Gasteiger partial charge in [0.15, 0.2) is 0 Å². The lowest BCUT2D eigenvalue weighted by Crippen LogP contribution is -2.48. The number of nitrogens with zero attached hydrogens (tertiary/aromatic N) is 2. The first-order valence-corrected chi connectivity index (χ1v) is 6.78. The van der Waals surface area contributed by atoms with E-state index >= 15 is 0 Å². The van der Waals surface area contributed by atoms with Crippen LogP contribution in [-0.2, 0) is 9.53 Å². The van der Waals surface area contributed by atoms with E-state index in [9.17, 15) is 4.79 Å². The van der Waals surface area contributed by atoms with Crippen molar-refractivity contribution in [1.82, 2.24) is 4.90 Å². The Morgan fingerprint density at radius 2 is 2.39 bits per heavy atom. The Morgan fingerprint density at radius 1 is 1.61 bits per heavy atom. The van der Waals surface area contributed by atoms with Crippen LogP contribution in [0.15, 0.2) is 5.16 Å². The molecule has 2 heterocycles. The predicted molar refractivity (Wildman–Crippen MR) is 67.7 cm³/mol. The lowest BCUT2D eigenvalue weighted by Gasteiger charge is -2.34. The van der Waals surface area contributed by atoms with Crippen molar-refractivity contribution in [3.05, 3.63) is 0 Å². The van der Waals surface area contributed by atoms with Gasteiger partial charge in [0, 0.05) is 32.0 Å². The van der Waals surface area contributed by atoms with Crippen molar-refractivity contribution < 1.29 is 14.7 Å². The fourth-order valence-corrected chi connectivity index (χ4v) is 2.80. The van der Waals surface area contributed by atoms with Gasteiger partial charge in [-0.2, -0.15) is 0 Å². The number of rotatable bonds is 2. The molecule has 3 unspecified atom stereocenters. The van der Waals surface area contributed by atoms with Gasteiger partial charge in [-0.15, -0.1) is 0 Å². The third-order valence-electron chi connectivity index (χ3n) is 4.11. The van der Waals surface area contributed by atoms with Gasteiger partial charge in [0.2, 0.25) is 0 Å². The van der Waals surface area contributed by atoms with E-state index in [1.54, 1.807) is 0 Å². The lowest BCUT2D eigenvalue weighted by molar-refractivity contribution is -0.143. The summed E-state index contributed by atoms with van der Waals surface area (Å²) in [4.78, 5) is 14.2. The minimum Gasteiger partial charge on any atom is -0.411 e. The third-order valence-corrected chi connectivity index (χ3v) is 4.11. The molecule has 0 aromatic carbocycles. The highest BCUT2D eigenvalue weighted by atomic mass is 16.5. The molecule has 1 amide bonds. The van der Waals surface area contributed by atoms with E-state index in [-0.39, 0.29) is 17.9 Å². The average molecular weight is 254 g/mol. The van der Waals surface area contributed by atoms with Crippen LogP contribution in [0.2, 0.25) is 0 Å². The summed E-state index contributed by atoms with van der Waals surface area (Å²) in [5.41, 5.74) is 0.821. The molecule has 2 rings (SSSR count). The highest BCUT2D eigenvalue weighted by molar-refractivity contribution is 5.90. The van der Waals surface area contributed by atoms with E-state index in [4.69, 9.17) is 9.94 Å². The van der Waals surface area contributed by atoms with E-state index in [1.807, 2.05) is 4.90 Å². The van der Waals surface area contributed by atoms with Crippen molar-refractivity contribution in [2.24, 2.45) is 17.0 Å². The quantitative estimate of drug-likeness (QED) is 0.600. The van der Waals surface area contributed by atoms with Crippen LogP contribution in [0.1, 0.15) is 33.1 Å². The molecule has 2 aliphatic heterocycles. The van der Waals surface area contributed by atoms with Gasteiger partial charge in [-0.05, 0) is 18.8 Å². The average Bonchev–Trinajstić information content (AvgIpc) is 2.83. The van der Waals surface area contributed by atoms with Crippen molar-refractivity contribution >= 4 is 11.6 Å². The summed E-state index contributed by atoms with van der Waals surface area (Å²) in [7, 11) is 0. The molecule has 0 spiro atoms. The summed E-state index contributed by atoms with van der Waals surface area (Å²) in [5.74, 6) is 0.602.